The number of fused-ring (bicyclic) bond motifs is 1. The number of nitrogens with zero attached hydrogens (tertiary/aromatic N) is 4. The Morgan fingerprint density at radius 2 is 2.14 bits per heavy atom. The molecule has 3 aromatic heterocycles. The number of hydrogen-bond donors (Lipinski definition) is 3. The minimum atomic E-state index is -3.18. The zero-order valence-electron chi connectivity index (χ0n) is 15.5. The normalized spacial score (nSPS) is 12.1. The van der Waals surface area contributed by atoms with Gasteiger partial charge in [-0.05, 0) is 12.1 Å². The van der Waals surface area contributed by atoms with Gasteiger partial charge in [-0.15, -0.1) is 0 Å². The fraction of sp³-hybridized carbons (Fsp3) is 0.278. The zero-order valence-corrected chi connectivity index (χ0v) is 16.3. The van der Waals surface area contributed by atoms with Crippen LogP contribution in [-0.2, 0) is 12.5 Å². The quantitative estimate of drug-likeness (QED) is 0.440. The number of aliphatic hydroxyl groups is 1. The van der Waals surface area contributed by atoms with Crippen LogP contribution in [0.5, 0.6) is 5.75 Å². The molecular weight excluding hydrogens is 406 g/mol. The van der Waals surface area contributed by atoms with Crippen molar-refractivity contribution in [1.29, 1.82) is 0 Å². The second-order valence-electron chi connectivity index (χ2n) is 6.49. The smallest absolute Gasteiger partial charge is 0.303 e. The van der Waals surface area contributed by atoms with E-state index in [0.717, 1.165) is 12.3 Å². The number of ether oxygens (including phenoxy) is 1. The molecule has 0 aliphatic carbocycles. The summed E-state index contributed by atoms with van der Waals surface area (Å²) in [5.74, 6) is -3.21. The van der Waals surface area contributed by atoms with Crippen molar-refractivity contribution in [2.75, 3.05) is 13.7 Å². The molecule has 11 heteroatoms. The number of H-pyrrole nitrogens is 2. The summed E-state index contributed by atoms with van der Waals surface area (Å²) in [4.78, 5) is 4.01. The third-order valence-corrected chi connectivity index (χ3v) is 4.86. The number of hydrogen-bond acceptors (Lipinski definition) is 5. The summed E-state index contributed by atoms with van der Waals surface area (Å²) in [7, 11) is 1.50. The highest BCUT2D eigenvalue weighted by molar-refractivity contribution is 6.33. The minimum Gasteiger partial charge on any atom is -0.495 e. The fourth-order valence-electron chi connectivity index (χ4n) is 3.31. The zero-order chi connectivity index (χ0) is 20.8. The van der Waals surface area contributed by atoms with Gasteiger partial charge in [0.25, 0.3) is 0 Å². The monoisotopic (exact) mass is 422 g/mol. The molecule has 4 aromatic rings. The van der Waals surface area contributed by atoms with Crippen molar-refractivity contribution in [1.82, 2.24) is 29.9 Å². The molecule has 3 N–H and O–H groups in total. The number of methoxy groups -OCH3 is 1. The van der Waals surface area contributed by atoms with Gasteiger partial charge in [-0.25, -0.2) is 4.98 Å². The Labute approximate surface area is 168 Å². The Kier molecular flexibility index (Phi) is 4.75. The Bertz CT molecular complexity index is 1160. The number of rotatable bonds is 6. The van der Waals surface area contributed by atoms with Gasteiger partial charge in [-0.2, -0.15) is 19.0 Å². The average Bonchev–Trinajstić information content (AvgIpc) is 3.39. The van der Waals surface area contributed by atoms with Crippen LogP contribution < -0.4 is 4.74 Å². The van der Waals surface area contributed by atoms with Crippen molar-refractivity contribution in [3.63, 3.8) is 0 Å². The van der Waals surface area contributed by atoms with Crippen LogP contribution in [0.4, 0.5) is 8.78 Å². The second-order valence-corrected chi connectivity index (χ2v) is 6.89. The van der Waals surface area contributed by atoms with Gasteiger partial charge in [0.15, 0.2) is 11.6 Å². The molecule has 0 fully saturated rings. The summed E-state index contributed by atoms with van der Waals surface area (Å²) in [6, 6.07) is 3.44. The van der Waals surface area contributed by atoms with Gasteiger partial charge < -0.3 is 14.4 Å². The van der Waals surface area contributed by atoms with Crippen molar-refractivity contribution >= 4 is 22.5 Å². The molecule has 0 radical (unpaired) electrons. The molecule has 152 valence electrons. The molecule has 0 amide bonds. The van der Waals surface area contributed by atoms with E-state index in [4.69, 9.17) is 16.3 Å². The summed E-state index contributed by atoms with van der Waals surface area (Å²) in [6.45, 7) is 0.730. The summed E-state index contributed by atoms with van der Waals surface area (Å²) >= 11 is 6.32. The van der Waals surface area contributed by atoms with E-state index in [0.29, 0.717) is 33.1 Å². The molecular formula is C18H17ClF2N6O2. The van der Waals surface area contributed by atoms with E-state index in [2.05, 4.69) is 25.4 Å². The van der Waals surface area contributed by atoms with Crippen molar-refractivity contribution in [3.05, 3.63) is 35.4 Å². The predicted molar refractivity (Wildman–Crippen MR) is 103 cm³/mol. The van der Waals surface area contributed by atoms with Crippen LogP contribution in [0.2, 0.25) is 5.02 Å². The molecule has 0 saturated heterocycles. The number of aromatic amines is 2. The Balaban J connectivity index is 2.10. The molecule has 1 aromatic carbocycles. The van der Waals surface area contributed by atoms with Crippen LogP contribution in [0.25, 0.3) is 33.5 Å². The van der Waals surface area contributed by atoms with E-state index in [9.17, 15) is 13.9 Å². The maximum absolute atomic E-state index is 13.7. The minimum absolute atomic E-state index is 0.0671. The number of halogens is 3. The first-order valence-electron chi connectivity index (χ1n) is 8.66. The molecule has 3 heterocycles. The highest BCUT2D eigenvalue weighted by Crippen LogP contribution is 2.43. The number of aromatic nitrogens is 6. The van der Waals surface area contributed by atoms with E-state index >= 15 is 0 Å². The lowest BCUT2D eigenvalue weighted by Gasteiger charge is -2.09. The van der Waals surface area contributed by atoms with E-state index in [1.54, 1.807) is 29.1 Å². The maximum Gasteiger partial charge on any atom is 0.303 e. The highest BCUT2D eigenvalue weighted by atomic mass is 35.5. The van der Waals surface area contributed by atoms with Crippen molar-refractivity contribution in [3.8, 4) is 28.4 Å². The highest BCUT2D eigenvalue weighted by Gasteiger charge is 2.31. The fourth-order valence-corrected chi connectivity index (χ4v) is 3.55. The van der Waals surface area contributed by atoms with Gasteiger partial charge in [0.2, 0.25) is 0 Å². The molecule has 29 heavy (non-hydrogen) atoms. The molecule has 0 unspecified atom stereocenters. The Hall–Kier alpha value is -2.98. The first-order valence-corrected chi connectivity index (χ1v) is 9.03. The first kappa shape index (κ1) is 19.3. The Morgan fingerprint density at radius 1 is 1.34 bits per heavy atom. The van der Waals surface area contributed by atoms with Gasteiger partial charge in [-0.3, -0.25) is 10.2 Å². The van der Waals surface area contributed by atoms with Crippen molar-refractivity contribution in [2.45, 2.75) is 19.4 Å². The SMILES string of the molecule is COc1cc2c(-c3cn[nH]c3)c(-c3n[nH]c(C(C)(F)F)n3)n(CCO)c2cc1Cl. The predicted octanol–water partition coefficient (Wildman–Crippen LogP) is 3.58. The lowest BCUT2D eigenvalue weighted by molar-refractivity contribution is 0.00813. The molecule has 8 nitrogen and oxygen atoms in total. The van der Waals surface area contributed by atoms with Crippen LogP contribution in [0.15, 0.2) is 24.5 Å². The van der Waals surface area contributed by atoms with Crippen LogP contribution in [-0.4, -0.2) is 48.8 Å². The number of nitrogens with one attached hydrogen (secondary N) is 2. The lowest BCUT2D eigenvalue weighted by atomic mass is 10.0. The van der Waals surface area contributed by atoms with E-state index in [1.807, 2.05) is 0 Å². The van der Waals surface area contributed by atoms with Crippen LogP contribution >= 0.6 is 11.6 Å². The van der Waals surface area contributed by atoms with Gasteiger partial charge in [0.05, 0.1) is 36.1 Å². The molecule has 0 saturated carbocycles. The maximum atomic E-state index is 13.7. The number of alkyl halides is 2. The summed E-state index contributed by atoms with van der Waals surface area (Å²) in [5, 5.41) is 23.8. The topological polar surface area (TPSA) is 105 Å². The van der Waals surface area contributed by atoms with Crippen LogP contribution in [0.3, 0.4) is 0 Å². The molecule has 4 rings (SSSR count). The van der Waals surface area contributed by atoms with Crippen LogP contribution in [0, 0.1) is 0 Å². The van der Waals surface area contributed by atoms with Gasteiger partial charge in [0, 0.05) is 36.2 Å². The second kappa shape index (κ2) is 7.12. The number of benzene rings is 1. The summed E-state index contributed by atoms with van der Waals surface area (Å²) in [6.07, 6.45) is 3.27. The lowest BCUT2D eigenvalue weighted by Crippen LogP contribution is -2.09. The first-order chi connectivity index (χ1) is 13.8. The average molecular weight is 423 g/mol. The van der Waals surface area contributed by atoms with Gasteiger partial charge in [-0.1, -0.05) is 11.6 Å². The van der Waals surface area contributed by atoms with Gasteiger partial charge >= 0.3 is 5.92 Å². The van der Waals surface area contributed by atoms with Crippen LogP contribution in [0.1, 0.15) is 12.7 Å². The standard InChI is InChI=1S/C18H17ClF2N6O2/c1-18(20,21)17-24-16(25-26-17)15-14(9-7-22-23-8-9)10-5-13(29-2)11(19)6-12(10)27(15)3-4-28/h5-8,28H,3-4H2,1-2H3,(H,22,23)(H,24,25,26). The van der Waals surface area contributed by atoms with Gasteiger partial charge in [0.1, 0.15) is 5.75 Å². The molecule has 0 bridgehead atoms. The van der Waals surface area contributed by atoms with Crippen molar-refractivity contribution < 1.29 is 18.6 Å². The molecule has 0 atom stereocenters. The molecule has 0 spiro atoms. The van der Waals surface area contributed by atoms with Crippen molar-refractivity contribution in [2.24, 2.45) is 0 Å². The third-order valence-electron chi connectivity index (χ3n) is 4.56. The van der Waals surface area contributed by atoms with E-state index < -0.39 is 11.7 Å². The van der Waals surface area contributed by atoms with E-state index in [-0.39, 0.29) is 19.0 Å². The third kappa shape index (κ3) is 3.23. The number of aliphatic hydroxyl groups excluding tert-OH is 1. The Morgan fingerprint density at radius 3 is 2.72 bits per heavy atom. The molecule has 0 aliphatic rings. The summed E-state index contributed by atoms with van der Waals surface area (Å²) < 4.78 is 34.5. The molecule has 0 aliphatic heterocycles. The van der Waals surface area contributed by atoms with E-state index in [1.165, 1.54) is 7.11 Å². The summed E-state index contributed by atoms with van der Waals surface area (Å²) in [5.41, 5.74) is 2.47. The largest absolute Gasteiger partial charge is 0.495 e.